The Hall–Kier alpha value is -3.58. The molecule has 4 aromatic rings. The molecule has 0 saturated heterocycles. The maximum atomic E-state index is 12.8. The van der Waals surface area contributed by atoms with E-state index in [0.29, 0.717) is 35.2 Å². The number of ketones is 1. The summed E-state index contributed by atoms with van der Waals surface area (Å²) in [6, 6.07) is 16.2. The Morgan fingerprint density at radius 1 is 1.07 bits per heavy atom. The molecular weight excluding hydrogens is 382 g/mol. The van der Waals surface area contributed by atoms with Crippen LogP contribution in [0.15, 0.2) is 65.4 Å². The number of pyridine rings is 1. The lowest BCUT2D eigenvalue weighted by molar-refractivity contribution is 0.0785. The second kappa shape index (κ2) is 8.04. The zero-order valence-corrected chi connectivity index (χ0v) is 16.7. The summed E-state index contributed by atoms with van der Waals surface area (Å²) < 4.78 is 10.5. The minimum Gasteiger partial charge on any atom is -0.438 e. The predicted octanol–water partition coefficient (Wildman–Crippen LogP) is 4.45. The van der Waals surface area contributed by atoms with E-state index in [9.17, 15) is 9.90 Å². The molecular formula is C23H21N3O4. The number of hydrogen-bond donors (Lipinski definition) is 1. The lowest BCUT2D eigenvalue weighted by atomic mass is 9.96. The molecule has 0 atom stereocenters. The Morgan fingerprint density at radius 2 is 1.83 bits per heavy atom. The summed E-state index contributed by atoms with van der Waals surface area (Å²) in [6.45, 7) is 3.48. The molecule has 1 N–H and O–H groups in total. The summed E-state index contributed by atoms with van der Waals surface area (Å²) in [5, 5.41) is 17.6. The molecule has 7 heteroatoms. The number of aliphatic hydroxyl groups is 1. The number of benzene rings is 2. The molecule has 0 aliphatic rings. The Labute approximate surface area is 173 Å². The van der Waals surface area contributed by atoms with Gasteiger partial charge in [0.25, 0.3) is 0 Å². The first-order valence-electron chi connectivity index (χ1n) is 9.60. The molecule has 30 heavy (non-hydrogen) atoms. The van der Waals surface area contributed by atoms with Crippen molar-refractivity contribution in [2.24, 2.45) is 0 Å². The highest BCUT2D eigenvalue weighted by Crippen LogP contribution is 2.27. The molecule has 0 amide bonds. The fourth-order valence-electron chi connectivity index (χ4n) is 3.09. The van der Waals surface area contributed by atoms with Crippen LogP contribution in [0.4, 0.5) is 0 Å². The van der Waals surface area contributed by atoms with Crippen LogP contribution in [0.1, 0.15) is 41.8 Å². The minimum atomic E-state index is -0.888. The van der Waals surface area contributed by atoms with Crippen molar-refractivity contribution in [1.82, 2.24) is 15.3 Å². The van der Waals surface area contributed by atoms with Gasteiger partial charge in [0, 0.05) is 18.7 Å². The first kappa shape index (κ1) is 19.7. The molecule has 4 rings (SSSR count). The summed E-state index contributed by atoms with van der Waals surface area (Å²) in [6.07, 6.45) is 2.48. The zero-order chi connectivity index (χ0) is 21.1. The van der Waals surface area contributed by atoms with E-state index < -0.39 is 5.60 Å². The molecule has 0 fully saturated rings. The molecule has 0 spiro atoms. The molecule has 0 unspecified atom stereocenters. The Balaban J connectivity index is 1.46. The highest BCUT2D eigenvalue weighted by molar-refractivity contribution is 5.98. The van der Waals surface area contributed by atoms with Crippen LogP contribution in [0.3, 0.4) is 0 Å². The Bertz CT molecular complexity index is 1180. The van der Waals surface area contributed by atoms with Crippen LogP contribution in [0, 0.1) is 0 Å². The zero-order valence-electron chi connectivity index (χ0n) is 16.7. The maximum Gasteiger partial charge on any atom is 0.230 e. The van der Waals surface area contributed by atoms with Crippen LogP contribution < -0.4 is 4.74 Å². The number of aromatic nitrogens is 3. The first-order chi connectivity index (χ1) is 14.4. The topological polar surface area (TPSA) is 98.3 Å². The Morgan fingerprint density at radius 3 is 2.60 bits per heavy atom. The normalized spacial score (nSPS) is 11.6. The predicted molar refractivity (Wildman–Crippen MR) is 110 cm³/mol. The molecule has 0 aliphatic heterocycles. The van der Waals surface area contributed by atoms with Gasteiger partial charge in [0.05, 0.1) is 11.2 Å². The van der Waals surface area contributed by atoms with E-state index in [1.807, 2.05) is 24.3 Å². The summed E-state index contributed by atoms with van der Waals surface area (Å²) in [5.41, 5.74) is 2.57. The maximum absolute atomic E-state index is 12.8. The number of hydrogen-bond acceptors (Lipinski definition) is 7. The lowest BCUT2D eigenvalue weighted by Crippen LogP contribution is -2.15. The summed E-state index contributed by atoms with van der Waals surface area (Å²) >= 11 is 0. The van der Waals surface area contributed by atoms with E-state index >= 15 is 0 Å². The van der Waals surface area contributed by atoms with Crippen LogP contribution >= 0.6 is 0 Å². The molecule has 0 bridgehead atoms. The van der Waals surface area contributed by atoms with Gasteiger partial charge in [0.1, 0.15) is 16.8 Å². The Kier molecular flexibility index (Phi) is 5.29. The van der Waals surface area contributed by atoms with Crippen LogP contribution in [0.2, 0.25) is 0 Å². The lowest BCUT2D eigenvalue weighted by Gasteiger charge is -2.17. The van der Waals surface area contributed by atoms with Crippen LogP contribution in [-0.4, -0.2) is 26.2 Å². The van der Waals surface area contributed by atoms with E-state index in [2.05, 4.69) is 15.3 Å². The van der Waals surface area contributed by atoms with Gasteiger partial charge in [0.15, 0.2) is 5.78 Å². The van der Waals surface area contributed by atoms with Gasteiger partial charge in [-0.25, -0.2) is 9.61 Å². The molecule has 0 saturated carbocycles. The van der Waals surface area contributed by atoms with Crippen molar-refractivity contribution in [2.75, 3.05) is 0 Å². The third kappa shape index (κ3) is 4.36. The largest absolute Gasteiger partial charge is 0.438 e. The van der Waals surface area contributed by atoms with Crippen LogP contribution in [0.5, 0.6) is 11.6 Å². The molecule has 0 aliphatic carbocycles. The number of fused-ring (bicyclic) bond motifs is 1. The molecule has 152 valence electrons. The van der Waals surface area contributed by atoms with Crippen LogP contribution in [-0.2, 0) is 12.0 Å². The summed E-state index contributed by atoms with van der Waals surface area (Å²) in [4.78, 5) is 17.1. The fourth-order valence-corrected chi connectivity index (χ4v) is 3.09. The van der Waals surface area contributed by atoms with E-state index in [1.54, 1.807) is 50.4 Å². The minimum absolute atomic E-state index is 0.0613. The van der Waals surface area contributed by atoms with Gasteiger partial charge in [-0.3, -0.25) is 4.79 Å². The molecule has 2 heterocycles. The third-order valence-electron chi connectivity index (χ3n) is 4.81. The number of ether oxygens (including phenoxy) is 1. The summed E-state index contributed by atoms with van der Waals surface area (Å²) in [7, 11) is 0. The van der Waals surface area contributed by atoms with E-state index in [1.165, 1.54) is 0 Å². The van der Waals surface area contributed by atoms with Crippen molar-refractivity contribution in [3.63, 3.8) is 0 Å². The van der Waals surface area contributed by atoms with E-state index in [-0.39, 0.29) is 11.7 Å². The van der Waals surface area contributed by atoms with Gasteiger partial charge >= 0.3 is 0 Å². The van der Waals surface area contributed by atoms with Gasteiger partial charge < -0.3 is 9.84 Å². The van der Waals surface area contributed by atoms with Crippen molar-refractivity contribution in [1.29, 1.82) is 0 Å². The standard InChI is InChI=1S/C23H21N3O4/c1-23(2,28)16-8-5-15(6-9-16)7-12-21(27)18-4-3-13-24-22(18)29-17-10-11-19-20(14-17)26-30-25-19/h3-6,8-11,13-14,28H,7,12H2,1-2H3. The van der Waals surface area contributed by atoms with Crippen molar-refractivity contribution in [3.8, 4) is 11.6 Å². The second-order valence-corrected chi connectivity index (χ2v) is 7.55. The molecule has 2 aromatic heterocycles. The summed E-state index contributed by atoms with van der Waals surface area (Å²) in [5.74, 6) is 0.678. The second-order valence-electron chi connectivity index (χ2n) is 7.55. The number of aryl methyl sites for hydroxylation is 1. The fraction of sp³-hybridized carbons (Fsp3) is 0.217. The number of rotatable bonds is 7. The highest BCUT2D eigenvalue weighted by Gasteiger charge is 2.17. The number of carbonyl (C=O) groups excluding carboxylic acids is 1. The van der Waals surface area contributed by atoms with Gasteiger partial charge in [0.2, 0.25) is 5.88 Å². The first-order valence-corrected chi connectivity index (χ1v) is 9.60. The average molecular weight is 403 g/mol. The molecule has 7 nitrogen and oxygen atoms in total. The van der Waals surface area contributed by atoms with Crippen molar-refractivity contribution in [2.45, 2.75) is 32.3 Å². The smallest absolute Gasteiger partial charge is 0.230 e. The quantitative estimate of drug-likeness (QED) is 0.455. The molecule has 0 radical (unpaired) electrons. The van der Waals surface area contributed by atoms with E-state index in [0.717, 1.165) is 11.1 Å². The highest BCUT2D eigenvalue weighted by atomic mass is 16.6. The average Bonchev–Trinajstić information content (AvgIpc) is 3.20. The van der Waals surface area contributed by atoms with Gasteiger partial charge in [-0.2, -0.15) is 0 Å². The van der Waals surface area contributed by atoms with Gasteiger partial charge in [-0.15, -0.1) is 0 Å². The monoisotopic (exact) mass is 403 g/mol. The molecule has 2 aromatic carbocycles. The number of carbonyl (C=O) groups is 1. The van der Waals surface area contributed by atoms with E-state index in [4.69, 9.17) is 9.37 Å². The number of Topliss-reactive ketones (excluding diaryl/α,β-unsaturated/α-hetero) is 1. The van der Waals surface area contributed by atoms with Crippen molar-refractivity contribution < 1.29 is 19.3 Å². The van der Waals surface area contributed by atoms with Crippen molar-refractivity contribution in [3.05, 3.63) is 77.5 Å². The van der Waals surface area contributed by atoms with Gasteiger partial charge in [-0.1, -0.05) is 24.3 Å². The SMILES string of the molecule is CC(C)(O)c1ccc(CCC(=O)c2cccnc2Oc2ccc3nonc3c2)cc1. The number of nitrogens with zero attached hydrogens (tertiary/aromatic N) is 3. The van der Waals surface area contributed by atoms with Crippen LogP contribution in [0.25, 0.3) is 11.0 Å². The van der Waals surface area contributed by atoms with Gasteiger partial charge in [-0.05, 0) is 66.0 Å². The third-order valence-corrected chi connectivity index (χ3v) is 4.81. The van der Waals surface area contributed by atoms with Crippen molar-refractivity contribution >= 4 is 16.8 Å².